The molecule has 2 N–H and O–H groups in total. The molecule has 0 bridgehead atoms. The van der Waals surface area contributed by atoms with Gasteiger partial charge in [0.05, 0.1) is 11.4 Å². The van der Waals surface area contributed by atoms with E-state index in [1.165, 1.54) is 21.9 Å². The molecule has 2 aromatic heterocycles. The Balaban J connectivity index is 1.32. The van der Waals surface area contributed by atoms with Crippen molar-refractivity contribution >= 4 is 10.8 Å². The molecule has 3 rings (SSSR count). The van der Waals surface area contributed by atoms with Crippen molar-refractivity contribution < 1.29 is 0 Å². The molecule has 2 heterocycles. The SMILES string of the molecule is Cc1cnc(CNCCCCNCc2nccc3ccccc23)c(C)c1. The van der Waals surface area contributed by atoms with E-state index in [0.29, 0.717) is 0 Å². The van der Waals surface area contributed by atoms with Gasteiger partial charge < -0.3 is 10.6 Å². The number of aromatic nitrogens is 2. The summed E-state index contributed by atoms with van der Waals surface area (Å²) in [6.45, 7) is 7.90. The molecular formula is C22H28N4. The molecule has 0 saturated carbocycles. The van der Waals surface area contributed by atoms with Crippen molar-refractivity contribution in [2.75, 3.05) is 13.1 Å². The predicted molar refractivity (Wildman–Crippen MR) is 108 cm³/mol. The summed E-state index contributed by atoms with van der Waals surface area (Å²) < 4.78 is 0. The molecule has 0 saturated heterocycles. The zero-order valence-electron chi connectivity index (χ0n) is 15.8. The van der Waals surface area contributed by atoms with Gasteiger partial charge in [0, 0.05) is 30.9 Å². The minimum absolute atomic E-state index is 0.821. The quantitative estimate of drug-likeness (QED) is 0.576. The molecule has 0 aliphatic carbocycles. The first kappa shape index (κ1) is 18.5. The van der Waals surface area contributed by atoms with E-state index in [2.05, 4.69) is 70.8 Å². The van der Waals surface area contributed by atoms with Gasteiger partial charge in [0.25, 0.3) is 0 Å². The highest BCUT2D eigenvalue weighted by Gasteiger charge is 2.02. The van der Waals surface area contributed by atoms with Gasteiger partial charge in [-0.15, -0.1) is 0 Å². The molecule has 0 fully saturated rings. The molecule has 0 aliphatic rings. The minimum atomic E-state index is 0.821. The topological polar surface area (TPSA) is 49.8 Å². The fourth-order valence-corrected chi connectivity index (χ4v) is 3.17. The highest BCUT2D eigenvalue weighted by molar-refractivity contribution is 5.84. The molecular weight excluding hydrogens is 320 g/mol. The fraction of sp³-hybridized carbons (Fsp3) is 0.364. The molecule has 0 radical (unpaired) electrons. The Morgan fingerprint density at radius 3 is 2.35 bits per heavy atom. The van der Waals surface area contributed by atoms with Crippen molar-refractivity contribution in [1.82, 2.24) is 20.6 Å². The monoisotopic (exact) mass is 348 g/mol. The second kappa shape index (κ2) is 9.41. The number of fused-ring (bicyclic) bond motifs is 1. The third-order valence-corrected chi connectivity index (χ3v) is 4.62. The van der Waals surface area contributed by atoms with Crippen LogP contribution in [0.1, 0.15) is 35.4 Å². The maximum absolute atomic E-state index is 4.52. The lowest BCUT2D eigenvalue weighted by atomic mass is 10.1. The number of pyridine rings is 2. The van der Waals surface area contributed by atoms with Crippen molar-refractivity contribution in [2.24, 2.45) is 0 Å². The number of nitrogens with zero attached hydrogens (tertiary/aromatic N) is 2. The second-order valence-electron chi connectivity index (χ2n) is 6.82. The van der Waals surface area contributed by atoms with Crippen molar-refractivity contribution in [1.29, 1.82) is 0 Å². The molecule has 26 heavy (non-hydrogen) atoms. The first-order chi connectivity index (χ1) is 12.7. The van der Waals surface area contributed by atoms with Crippen LogP contribution >= 0.6 is 0 Å². The largest absolute Gasteiger partial charge is 0.311 e. The Morgan fingerprint density at radius 2 is 1.58 bits per heavy atom. The smallest absolute Gasteiger partial charge is 0.0619 e. The number of rotatable bonds is 9. The molecule has 0 unspecified atom stereocenters. The van der Waals surface area contributed by atoms with Crippen LogP contribution in [0.5, 0.6) is 0 Å². The standard InChI is InChI=1S/C22H28N4/c1-17-13-18(2)21(26-14-17)15-23-10-5-6-11-24-16-22-20-8-4-3-7-19(20)9-12-25-22/h3-4,7-9,12-14,23-24H,5-6,10-11,15-16H2,1-2H3. The zero-order chi connectivity index (χ0) is 18.2. The van der Waals surface area contributed by atoms with Crippen molar-refractivity contribution in [3.63, 3.8) is 0 Å². The first-order valence-electron chi connectivity index (χ1n) is 9.40. The van der Waals surface area contributed by atoms with E-state index in [4.69, 9.17) is 0 Å². The van der Waals surface area contributed by atoms with Gasteiger partial charge in [-0.1, -0.05) is 30.3 Å². The fourth-order valence-electron chi connectivity index (χ4n) is 3.17. The van der Waals surface area contributed by atoms with Crippen molar-refractivity contribution in [3.8, 4) is 0 Å². The Bertz CT molecular complexity index is 839. The predicted octanol–water partition coefficient (Wildman–Crippen LogP) is 3.91. The summed E-state index contributed by atoms with van der Waals surface area (Å²) >= 11 is 0. The van der Waals surface area contributed by atoms with Crippen LogP contribution in [-0.4, -0.2) is 23.1 Å². The molecule has 0 spiro atoms. The summed E-state index contributed by atoms with van der Waals surface area (Å²) in [5, 5.41) is 9.50. The Morgan fingerprint density at radius 1 is 0.846 bits per heavy atom. The van der Waals surface area contributed by atoms with E-state index >= 15 is 0 Å². The van der Waals surface area contributed by atoms with Crippen LogP contribution < -0.4 is 10.6 Å². The van der Waals surface area contributed by atoms with Crippen molar-refractivity contribution in [3.05, 3.63) is 71.3 Å². The second-order valence-corrected chi connectivity index (χ2v) is 6.82. The number of hydrogen-bond donors (Lipinski definition) is 2. The Hall–Kier alpha value is -2.30. The maximum Gasteiger partial charge on any atom is 0.0619 e. The van der Waals surface area contributed by atoms with Gasteiger partial charge in [-0.05, 0) is 62.4 Å². The molecule has 4 nitrogen and oxygen atoms in total. The van der Waals surface area contributed by atoms with Gasteiger partial charge in [0.15, 0.2) is 0 Å². The summed E-state index contributed by atoms with van der Waals surface area (Å²) in [5.74, 6) is 0. The molecule has 3 aromatic rings. The van der Waals surface area contributed by atoms with Crippen LogP contribution in [0.2, 0.25) is 0 Å². The number of nitrogens with one attached hydrogen (secondary N) is 2. The van der Waals surface area contributed by atoms with Crippen LogP contribution in [0.15, 0.2) is 48.8 Å². The summed E-state index contributed by atoms with van der Waals surface area (Å²) in [7, 11) is 0. The van der Waals surface area contributed by atoms with E-state index in [0.717, 1.165) is 50.4 Å². The zero-order valence-corrected chi connectivity index (χ0v) is 15.8. The summed E-state index contributed by atoms with van der Waals surface area (Å²) in [4.78, 5) is 9.02. The van der Waals surface area contributed by atoms with Crippen LogP contribution in [0.3, 0.4) is 0 Å². The van der Waals surface area contributed by atoms with Gasteiger partial charge in [0.1, 0.15) is 0 Å². The van der Waals surface area contributed by atoms with Crippen molar-refractivity contribution in [2.45, 2.75) is 39.8 Å². The van der Waals surface area contributed by atoms with E-state index in [-0.39, 0.29) is 0 Å². The third kappa shape index (κ3) is 5.10. The van der Waals surface area contributed by atoms with E-state index in [1.807, 2.05) is 12.4 Å². The minimum Gasteiger partial charge on any atom is -0.311 e. The lowest BCUT2D eigenvalue weighted by Crippen LogP contribution is -2.20. The lowest BCUT2D eigenvalue weighted by molar-refractivity contribution is 0.576. The highest BCUT2D eigenvalue weighted by Crippen LogP contribution is 2.15. The normalized spacial score (nSPS) is 11.2. The van der Waals surface area contributed by atoms with Gasteiger partial charge >= 0.3 is 0 Å². The summed E-state index contributed by atoms with van der Waals surface area (Å²) in [5.41, 5.74) is 4.76. The number of benzene rings is 1. The van der Waals surface area contributed by atoms with Gasteiger partial charge in [-0.3, -0.25) is 9.97 Å². The molecule has 0 aliphatic heterocycles. The maximum atomic E-state index is 4.52. The number of aryl methyl sites for hydroxylation is 2. The van der Waals surface area contributed by atoms with Crippen LogP contribution in [0.4, 0.5) is 0 Å². The first-order valence-corrected chi connectivity index (χ1v) is 9.40. The summed E-state index contributed by atoms with van der Waals surface area (Å²) in [6.07, 6.45) is 6.14. The number of hydrogen-bond acceptors (Lipinski definition) is 4. The van der Waals surface area contributed by atoms with E-state index in [9.17, 15) is 0 Å². The molecule has 136 valence electrons. The highest BCUT2D eigenvalue weighted by atomic mass is 14.9. The summed E-state index contributed by atoms with van der Waals surface area (Å²) in [6, 6.07) is 12.7. The number of unbranched alkanes of at least 4 members (excludes halogenated alkanes) is 1. The average molecular weight is 348 g/mol. The van der Waals surface area contributed by atoms with Gasteiger partial charge in [-0.2, -0.15) is 0 Å². The Kier molecular flexibility index (Phi) is 6.69. The van der Waals surface area contributed by atoms with Crippen LogP contribution in [0.25, 0.3) is 10.8 Å². The van der Waals surface area contributed by atoms with Gasteiger partial charge in [-0.25, -0.2) is 0 Å². The van der Waals surface area contributed by atoms with E-state index in [1.54, 1.807) is 0 Å². The lowest BCUT2D eigenvalue weighted by Gasteiger charge is -2.09. The van der Waals surface area contributed by atoms with Gasteiger partial charge in [0.2, 0.25) is 0 Å². The Labute approximate surface area is 156 Å². The van der Waals surface area contributed by atoms with E-state index < -0.39 is 0 Å². The average Bonchev–Trinajstić information content (AvgIpc) is 2.65. The molecule has 0 atom stereocenters. The van der Waals surface area contributed by atoms with Crippen LogP contribution in [-0.2, 0) is 13.1 Å². The molecule has 4 heteroatoms. The molecule has 1 aromatic carbocycles. The van der Waals surface area contributed by atoms with Crippen LogP contribution in [0, 0.1) is 13.8 Å². The molecule has 0 amide bonds. The third-order valence-electron chi connectivity index (χ3n) is 4.62.